The monoisotopic (exact) mass is 395 g/mol. The number of likely N-dealkylation sites (tertiary alicyclic amines) is 1. The van der Waals surface area contributed by atoms with E-state index >= 15 is 0 Å². The van der Waals surface area contributed by atoms with E-state index in [4.69, 9.17) is 9.47 Å². The van der Waals surface area contributed by atoms with Crippen LogP contribution in [0.3, 0.4) is 0 Å². The molecule has 0 aromatic heterocycles. The second-order valence-corrected chi connectivity index (χ2v) is 7.47. The van der Waals surface area contributed by atoms with Crippen molar-refractivity contribution in [1.82, 2.24) is 4.90 Å². The predicted octanol–water partition coefficient (Wildman–Crippen LogP) is 4.06. The first-order chi connectivity index (χ1) is 14.0. The van der Waals surface area contributed by atoms with E-state index in [1.165, 1.54) is 11.1 Å². The highest BCUT2D eigenvalue weighted by atomic mass is 16.6. The molecule has 0 spiro atoms. The molecule has 5 heteroatoms. The summed E-state index contributed by atoms with van der Waals surface area (Å²) < 4.78 is 10.9. The maximum Gasteiger partial charge on any atom is 0.307 e. The van der Waals surface area contributed by atoms with E-state index in [2.05, 4.69) is 6.92 Å². The van der Waals surface area contributed by atoms with Gasteiger partial charge in [0.05, 0.1) is 6.42 Å². The van der Waals surface area contributed by atoms with Crippen molar-refractivity contribution < 1.29 is 19.1 Å². The van der Waals surface area contributed by atoms with Crippen molar-refractivity contribution in [2.75, 3.05) is 13.2 Å². The van der Waals surface area contributed by atoms with Crippen molar-refractivity contribution >= 4 is 11.9 Å². The van der Waals surface area contributed by atoms with Crippen molar-refractivity contribution in [2.45, 2.75) is 52.1 Å². The summed E-state index contributed by atoms with van der Waals surface area (Å²) >= 11 is 0. The van der Waals surface area contributed by atoms with E-state index in [9.17, 15) is 9.59 Å². The van der Waals surface area contributed by atoms with Gasteiger partial charge in [-0.15, -0.1) is 0 Å². The number of amides is 1. The van der Waals surface area contributed by atoms with Gasteiger partial charge in [0.2, 0.25) is 5.91 Å². The molecule has 5 nitrogen and oxygen atoms in total. The summed E-state index contributed by atoms with van der Waals surface area (Å²) in [4.78, 5) is 26.3. The molecule has 2 aromatic carbocycles. The van der Waals surface area contributed by atoms with Crippen molar-refractivity contribution in [3.05, 3.63) is 65.2 Å². The molecule has 1 saturated heterocycles. The highest BCUT2D eigenvalue weighted by molar-refractivity contribution is 5.80. The Labute approximate surface area is 172 Å². The smallest absolute Gasteiger partial charge is 0.307 e. The Morgan fingerprint density at radius 3 is 2.41 bits per heavy atom. The third-order valence-corrected chi connectivity index (χ3v) is 5.28. The zero-order chi connectivity index (χ0) is 20.6. The molecule has 154 valence electrons. The minimum Gasteiger partial charge on any atom is -0.490 e. The first kappa shape index (κ1) is 20.9. The van der Waals surface area contributed by atoms with E-state index < -0.39 is 0 Å². The maximum atomic E-state index is 12.3. The molecule has 1 aliphatic rings. The molecule has 1 heterocycles. The Balaban J connectivity index is 1.42. The Hall–Kier alpha value is -2.82. The van der Waals surface area contributed by atoms with Gasteiger partial charge < -0.3 is 14.4 Å². The van der Waals surface area contributed by atoms with E-state index in [-0.39, 0.29) is 30.9 Å². The van der Waals surface area contributed by atoms with Crippen LogP contribution in [0.15, 0.2) is 48.5 Å². The van der Waals surface area contributed by atoms with Crippen molar-refractivity contribution in [3.63, 3.8) is 0 Å². The Morgan fingerprint density at radius 1 is 1.03 bits per heavy atom. The fraction of sp³-hybridized carbons (Fsp3) is 0.417. The fourth-order valence-electron chi connectivity index (χ4n) is 3.50. The number of rotatable bonds is 9. The zero-order valence-electron chi connectivity index (χ0n) is 17.2. The largest absolute Gasteiger partial charge is 0.490 e. The predicted molar refractivity (Wildman–Crippen MR) is 112 cm³/mol. The number of carbonyl (C=O) groups is 2. The molecular weight excluding hydrogens is 366 g/mol. The summed E-state index contributed by atoms with van der Waals surface area (Å²) in [5.41, 5.74) is 3.52. The molecule has 0 saturated carbocycles. The molecule has 1 aliphatic heterocycles. The normalized spacial score (nSPS) is 16.1. The van der Waals surface area contributed by atoms with Crippen LogP contribution in [-0.2, 0) is 27.3 Å². The van der Waals surface area contributed by atoms with Crippen LogP contribution in [0.25, 0.3) is 0 Å². The Kier molecular flexibility index (Phi) is 7.28. The minimum absolute atomic E-state index is 0.0983. The zero-order valence-corrected chi connectivity index (χ0v) is 17.2. The van der Waals surface area contributed by atoms with Crippen LogP contribution in [0.2, 0.25) is 0 Å². The summed E-state index contributed by atoms with van der Waals surface area (Å²) in [5, 5.41) is 0. The Morgan fingerprint density at radius 2 is 1.72 bits per heavy atom. The quantitative estimate of drug-likeness (QED) is 0.475. The van der Waals surface area contributed by atoms with Gasteiger partial charge in [0, 0.05) is 19.0 Å². The molecule has 0 aliphatic carbocycles. The van der Waals surface area contributed by atoms with Gasteiger partial charge in [-0.25, -0.2) is 0 Å². The van der Waals surface area contributed by atoms with Gasteiger partial charge in [0.25, 0.3) is 0 Å². The van der Waals surface area contributed by atoms with E-state index in [0.29, 0.717) is 26.0 Å². The molecule has 3 rings (SSSR count). The standard InChI is InChI=1S/C24H29NO4/c1-3-19-8-11-22(12-9-19)28-14-15-29-24(27)16-21-10-13-23(26)25(21)17-20-6-4-18(2)5-7-20/h4-9,11-12,21H,3,10,13-17H2,1-2H3. The van der Waals surface area contributed by atoms with Gasteiger partial charge in [-0.2, -0.15) is 0 Å². The third-order valence-electron chi connectivity index (χ3n) is 5.28. The average molecular weight is 395 g/mol. The van der Waals surface area contributed by atoms with Crippen molar-refractivity contribution in [2.24, 2.45) is 0 Å². The molecular formula is C24H29NO4. The lowest BCUT2D eigenvalue weighted by atomic mass is 10.1. The number of carbonyl (C=O) groups excluding carboxylic acids is 2. The van der Waals surface area contributed by atoms with Crippen LogP contribution in [-0.4, -0.2) is 36.0 Å². The molecule has 0 N–H and O–H groups in total. The lowest BCUT2D eigenvalue weighted by molar-refractivity contribution is -0.146. The summed E-state index contributed by atoms with van der Waals surface area (Å²) in [6, 6.07) is 15.9. The number of aryl methyl sites for hydroxylation is 2. The van der Waals surface area contributed by atoms with E-state index in [0.717, 1.165) is 17.7 Å². The van der Waals surface area contributed by atoms with Gasteiger partial charge >= 0.3 is 5.97 Å². The number of hydrogen-bond donors (Lipinski definition) is 0. The van der Waals surface area contributed by atoms with Crippen molar-refractivity contribution in [3.8, 4) is 5.75 Å². The maximum absolute atomic E-state index is 12.3. The van der Waals surface area contributed by atoms with Crippen LogP contribution in [0.1, 0.15) is 42.9 Å². The van der Waals surface area contributed by atoms with Crippen LogP contribution in [0, 0.1) is 6.92 Å². The fourth-order valence-corrected chi connectivity index (χ4v) is 3.50. The topological polar surface area (TPSA) is 55.8 Å². The summed E-state index contributed by atoms with van der Waals surface area (Å²) in [7, 11) is 0. The molecule has 29 heavy (non-hydrogen) atoms. The first-order valence-electron chi connectivity index (χ1n) is 10.3. The lowest BCUT2D eigenvalue weighted by Crippen LogP contribution is -2.34. The molecule has 1 amide bonds. The number of hydrogen-bond acceptors (Lipinski definition) is 4. The third kappa shape index (κ3) is 6.08. The second-order valence-electron chi connectivity index (χ2n) is 7.47. The highest BCUT2D eigenvalue weighted by Crippen LogP contribution is 2.24. The van der Waals surface area contributed by atoms with Gasteiger partial charge in [0.15, 0.2) is 0 Å². The van der Waals surface area contributed by atoms with Crippen LogP contribution >= 0.6 is 0 Å². The molecule has 2 aromatic rings. The first-order valence-corrected chi connectivity index (χ1v) is 10.3. The molecule has 1 fully saturated rings. The van der Waals surface area contributed by atoms with Gasteiger partial charge in [-0.05, 0) is 43.0 Å². The van der Waals surface area contributed by atoms with Crippen molar-refractivity contribution in [1.29, 1.82) is 0 Å². The van der Waals surface area contributed by atoms with E-state index in [1.807, 2.05) is 55.5 Å². The summed E-state index contributed by atoms with van der Waals surface area (Å²) in [6.07, 6.45) is 2.39. The molecule has 0 bridgehead atoms. The molecule has 1 unspecified atom stereocenters. The SMILES string of the molecule is CCc1ccc(OCCOC(=O)CC2CCC(=O)N2Cc2ccc(C)cc2)cc1. The number of benzene rings is 2. The van der Waals surface area contributed by atoms with E-state index in [1.54, 1.807) is 4.90 Å². The number of nitrogens with zero attached hydrogens (tertiary/aromatic N) is 1. The van der Waals surface area contributed by atoms with Gasteiger partial charge in [-0.1, -0.05) is 48.9 Å². The summed E-state index contributed by atoms with van der Waals surface area (Å²) in [6.45, 7) is 5.19. The summed E-state index contributed by atoms with van der Waals surface area (Å²) in [5.74, 6) is 0.578. The van der Waals surface area contributed by atoms with Crippen LogP contribution in [0.5, 0.6) is 5.75 Å². The Bertz CT molecular complexity index is 814. The van der Waals surface area contributed by atoms with Gasteiger partial charge in [-0.3, -0.25) is 9.59 Å². The average Bonchev–Trinajstić information content (AvgIpc) is 3.06. The number of esters is 1. The lowest BCUT2D eigenvalue weighted by Gasteiger charge is -2.24. The molecule has 1 atom stereocenters. The minimum atomic E-state index is -0.288. The molecule has 0 radical (unpaired) electrons. The second kappa shape index (κ2) is 10.1. The van der Waals surface area contributed by atoms with Gasteiger partial charge in [0.1, 0.15) is 19.0 Å². The van der Waals surface area contributed by atoms with Crippen LogP contribution in [0.4, 0.5) is 0 Å². The number of ether oxygens (including phenoxy) is 2. The highest BCUT2D eigenvalue weighted by Gasteiger charge is 2.32. The van der Waals surface area contributed by atoms with Crippen LogP contribution < -0.4 is 4.74 Å².